The van der Waals surface area contributed by atoms with Gasteiger partial charge in [-0.1, -0.05) is 72.8 Å². The highest BCUT2D eigenvalue weighted by Crippen LogP contribution is 2.39. The van der Waals surface area contributed by atoms with Gasteiger partial charge in [0.25, 0.3) is 0 Å². The normalized spacial score (nSPS) is 17.3. The summed E-state index contributed by atoms with van der Waals surface area (Å²) in [6.45, 7) is 0.953. The third-order valence-electron chi connectivity index (χ3n) is 5.71. The number of nitrogens with one attached hydrogen (secondary N) is 1. The summed E-state index contributed by atoms with van der Waals surface area (Å²) in [5, 5.41) is 20.1. The van der Waals surface area contributed by atoms with Gasteiger partial charge >= 0.3 is 0 Å². The lowest BCUT2D eigenvalue weighted by molar-refractivity contribution is 0.0117. The lowest BCUT2D eigenvalue weighted by atomic mass is 9.75. The van der Waals surface area contributed by atoms with Gasteiger partial charge < -0.3 is 10.4 Å². The van der Waals surface area contributed by atoms with E-state index in [0.717, 1.165) is 34.9 Å². The van der Waals surface area contributed by atoms with E-state index in [2.05, 4.69) is 66.0 Å². The molecule has 1 atom stereocenters. The molecule has 5 rings (SSSR count). The van der Waals surface area contributed by atoms with Crippen LogP contribution in [0.5, 0.6) is 0 Å². The van der Waals surface area contributed by atoms with Crippen LogP contribution in [0.25, 0.3) is 21.5 Å². The number of hydrogen-bond donors (Lipinski definition) is 2. The van der Waals surface area contributed by atoms with Gasteiger partial charge in [0.15, 0.2) is 0 Å². The molecule has 0 spiro atoms. The number of hydrogen-bond acceptors (Lipinski definition) is 2. The highest BCUT2D eigenvalue weighted by atomic mass is 16.3. The van der Waals surface area contributed by atoms with E-state index in [9.17, 15) is 5.11 Å². The molecule has 4 aromatic carbocycles. The molecular formula is C24H21NO. The van der Waals surface area contributed by atoms with E-state index in [4.69, 9.17) is 0 Å². The Balaban J connectivity index is 1.71. The monoisotopic (exact) mass is 339 g/mol. The molecule has 0 aliphatic carbocycles. The molecule has 128 valence electrons. The molecular weight excluding hydrogens is 318 g/mol. The lowest BCUT2D eigenvalue weighted by Crippen LogP contribution is -2.57. The highest BCUT2D eigenvalue weighted by Gasteiger charge is 2.43. The van der Waals surface area contributed by atoms with Crippen LogP contribution in [0.2, 0.25) is 0 Å². The van der Waals surface area contributed by atoms with Crippen molar-refractivity contribution < 1.29 is 5.11 Å². The van der Waals surface area contributed by atoms with Crippen LogP contribution in [0.15, 0.2) is 84.9 Å². The summed E-state index contributed by atoms with van der Waals surface area (Å²) in [5.74, 6) is 0. The average Bonchev–Trinajstić information content (AvgIpc) is 2.65. The van der Waals surface area contributed by atoms with E-state index in [1.54, 1.807) is 0 Å². The number of fused-ring (bicyclic) bond motifs is 2. The Bertz CT molecular complexity index is 1020. The Hall–Kier alpha value is -2.68. The van der Waals surface area contributed by atoms with Gasteiger partial charge in [-0.25, -0.2) is 0 Å². The molecule has 1 aliphatic rings. The molecule has 0 aromatic heterocycles. The van der Waals surface area contributed by atoms with Crippen molar-refractivity contribution in [2.45, 2.75) is 18.1 Å². The van der Waals surface area contributed by atoms with Gasteiger partial charge in [0.2, 0.25) is 0 Å². The quantitative estimate of drug-likeness (QED) is 0.572. The van der Waals surface area contributed by atoms with E-state index >= 15 is 0 Å². The molecule has 2 N–H and O–H groups in total. The van der Waals surface area contributed by atoms with Crippen LogP contribution in [-0.4, -0.2) is 17.7 Å². The van der Waals surface area contributed by atoms with Gasteiger partial charge in [-0.3, -0.25) is 0 Å². The fourth-order valence-corrected chi connectivity index (χ4v) is 4.07. The number of rotatable bonds is 3. The van der Waals surface area contributed by atoms with E-state index in [1.807, 2.05) is 24.3 Å². The molecule has 0 bridgehead atoms. The van der Waals surface area contributed by atoms with E-state index in [0.29, 0.717) is 0 Å². The van der Waals surface area contributed by atoms with Gasteiger partial charge in [0.1, 0.15) is 5.60 Å². The Morgan fingerprint density at radius 3 is 1.58 bits per heavy atom. The van der Waals surface area contributed by atoms with Crippen molar-refractivity contribution in [3.63, 3.8) is 0 Å². The minimum absolute atomic E-state index is 0.0322. The van der Waals surface area contributed by atoms with Gasteiger partial charge in [0, 0.05) is 6.04 Å². The standard InChI is InChI=1S/C24H21NO/c26-24(23-13-14-25-23,21-11-9-17-5-1-3-7-19(17)15-21)22-12-10-18-6-2-4-8-20(18)16-22/h1-12,15-16,23,25-26H,13-14H2/t23-/m0/s1. The summed E-state index contributed by atoms with van der Waals surface area (Å²) in [4.78, 5) is 0. The maximum Gasteiger partial charge on any atom is 0.130 e. The molecule has 0 amide bonds. The molecule has 2 nitrogen and oxygen atoms in total. The third kappa shape index (κ3) is 2.34. The molecule has 1 aliphatic heterocycles. The van der Waals surface area contributed by atoms with Crippen molar-refractivity contribution in [1.29, 1.82) is 0 Å². The predicted octanol–water partition coefficient (Wildman–Crippen LogP) is 4.59. The van der Waals surface area contributed by atoms with Gasteiger partial charge in [-0.2, -0.15) is 0 Å². The fraction of sp³-hybridized carbons (Fsp3) is 0.167. The summed E-state index contributed by atoms with van der Waals surface area (Å²) >= 11 is 0. The van der Waals surface area contributed by atoms with E-state index in [-0.39, 0.29) is 6.04 Å². The minimum atomic E-state index is -1.04. The van der Waals surface area contributed by atoms with Crippen molar-refractivity contribution in [2.24, 2.45) is 0 Å². The van der Waals surface area contributed by atoms with Crippen LogP contribution in [0.3, 0.4) is 0 Å². The molecule has 1 fully saturated rings. The Kier molecular flexibility index (Phi) is 3.56. The van der Waals surface area contributed by atoms with Gasteiger partial charge in [0.05, 0.1) is 0 Å². The topological polar surface area (TPSA) is 32.3 Å². The first-order chi connectivity index (χ1) is 12.7. The molecule has 0 radical (unpaired) electrons. The zero-order valence-electron chi connectivity index (χ0n) is 14.5. The summed E-state index contributed by atoms with van der Waals surface area (Å²) < 4.78 is 0. The second-order valence-corrected chi connectivity index (χ2v) is 7.19. The van der Waals surface area contributed by atoms with Crippen molar-refractivity contribution in [2.75, 3.05) is 6.54 Å². The van der Waals surface area contributed by atoms with Gasteiger partial charge in [-0.15, -0.1) is 0 Å². The van der Waals surface area contributed by atoms with Crippen molar-refractivity contribution in [3.8, 4) is 0 Å². The zero-order valence-corrected chi connectivity index (χ0v) is 14.5. The third-order valence-corrected chi connectivity index (χ3v) is 5.71. The van der Waals surface area contributed by atoms with E-state index in [1.165, 1.54) is 10.8 Å². The van der Waals surface area contributed by atoms with Crippen LogP contribution >= 0.6 is 0 Å². The summed E-state index contributed by atoms with van der Waals surface area (Å²) in [6, 6.07) is 29.2. The van der Waals surface area contributed by atoms with Gasteiger partial charge in [-0.05, 0) is 57.8 Å². The number of aliphatic hydroxyl groups is 1. The zero-order chi connectivity index (χ0) is 17.6. The van der Waals surface area contributed by atoms with Crippen molar-refractivity contribution in [3.05, 3.63) is 96.1 Å². The maximum atomic E-state index is 11.9. The first-order valence-corrected chi connectivity index (χ1v) is 9.19. The Labute approximate surface area is 153 Å². The van der Waals surface area contributed by atoms with Crippen LogP contribution in [-0.2, 0) is 5.60 Å². The number of benzene rings is 4. The summed E-state index contributed by atoms with van der Waals surface area (Å²) in [5.41, 5.74) is 0.860. The SMILES string of the molecule is OC(c1ccc2ccccc2c1)(c1ccc2ccccc2c1)[C@@H]1CCN1. The molecule has 0 saturated carbocycles. The Morgan fingerprint density at radius 2 is 1.15 bits per heavy atom. The second kappa shape index (κ2) is 5.94. The molecule has 0 unspecified atom stereocenters. The van der Waals surface area contributed by atoms with Crippen LogP contribution in [0.4, 0.5) is 0 Å². The van der Waals surface area contributed by atoms with Crippen LogP contribution in [0, 0.1) is 0 Å². The largest absolute Gasteiger partial charge is 0.379 e. The molecule has 4 aromatic rings. The average molecular weight is 339 g/mol. The second-order valence-electron chi connectivity index (χ2n) is 7.19. The molecule has 26 heavy (non-hydrogen) atoms. The minimum Gasteiger partial charge on any atom is -0.379 e. The van der Waals surface area contributed by atoms with Crippen LogP contribution < -0.4 is 5.32 Å². The molecule has 2 heteroatoms. The fourth-order valence-electron chi connectivity index (χ4n) is 4.07. The first-order valence-electron chi connectivity index (χ1n) is 9.19. The first kappa shape index (κ1) is 15.6. The summed E-state index contributed by atoms with van der Waals surface area (Å²) in [7, 11) is 0. The van der Waals surface area contributed by atoms with Crippen LogP contribution in [0.1, 0.15) is 17.5 Å². The maximum absolute atomic E-state index is 11.9. The predicted molar refractivity (Wildman–Crippen MR) is 107 cm³/mol. The summed E-state index contributed by atoms with van der Waals surface area (Å²) in [6.07, 6.45) is 0.968. The lowest BCUT2D eigenvalue weighted by Gasteiger charge is -2.43. The molecule has 1 heterocycles. The Morgan fingerprint density at radius 1 is 0.692 bits per heavy atom. The molecule has 1 saturated heterocycles. The smallest absolute Gasteiger partial charge is 0.130 e. The highest BCUT2D eigenvalue weighted by molar-refractivity contribution is 5.85. The van der Waals surface area contributed by atoms with Crippen molar-refractivity contribution in [1.82, 2.24) is 5.32 Å². The van der Waals surface area contributed by atoms with Crippen molar-refractivity contribution >= 4 is 21.5 Å². The van der Waals surface area contributed by atoms with E-state index < -0.39 is 5.60 Å².